The van der Waals surface area contributed by atoms with Crippen LogP contribution in [0.25, 0.3) is 0 Å². The number of aryl methyl sites for hydroxylation is 1. The zero-order valence-electron chi connectivity index (χ0n) is 9.79. The summed E-state index contributed by atoms with van der Waals surface area (Å²) < 4.78 is 55.4. The van der Waals surface area contributed by atoms with Crippen LogP contribution in [0.5, 0.6) is 0 Å². The average molecular weight is 329 g/mol. The molecule has 0 amide bonds. The molecule has 0 saturated carbocycles. The van der Waals surface area contributed by atoms with Crippen molar-refractivity contribution in [2.45, 2.75) is 11.8 Å². The van der Waals surface area contributed by atoms with Crippen molar-refractivity contribution in [2.24, 2.45) is 7.05 Å². The van der Waals surface area contributed by atoms with E-state index >= 15 is 0 Å². The van der Waals surface area contributed by atoms with Crippen LogP contribution in [0.4, 0.5) is 17.6 Å². The maximum absolute atomic E-state index is 14.8. The zero-order valence-corrected chi connectivity index (χ0v) is 11.3. The molecule has 0 aliphatic carbocycles. The van der Waals surface area contributed by atoms with Crippen molar-refractivity contribution in [3.63, 3.8) is 0 Å². The van der Waals surface area contributed by atoms with Crippen LogP contribution in [0.15, 0.2) is 18.5 Å². The topological polar surface area (TPSA) is 43.6 Å². The molecule has 0 bridgehead atoms. The van der Waals surface area contributed by atoms with Crippen molar-refractivity contribution < 1.29 is 17.6 Å². The summed E-state index contributed by atoms with van der Waals surface area (Å²) in [5, 5.41) is 5.74. The lowest BCUT2D eigenvalue weighted by Crippen LogP contribution is -2.41. The van der Waals surface area contributed by atoms with Crippen molar-refractivity contribution in [1.29, 1.82) is 0 Å². The highest BCUT2D eigenvalue weighted by Gasteiger charge is 2.61. The Balaban J connectivity index is 2.74. The van der Waals surface area contributed by atoms with Gasteiger partial charge in [0.05, 0.1) is 0 Å². The van der Waals surface area contributed by atoms with Gasteiger partial charge in [-0.15, -0.1) is 10.2 Å². The average Bonchev–Trinajstić information content (AvgIpc) is 2.71. The molecule has 1 atom stereocenters. The van der Waals surface area contributed by atoms with Gasteiger partial charge in [0.2, 0.25) is 0 Å². The van der Waals surface area contributed by atoms with Gasteiger partial charge in [0, 0.05) is 12.6 Å². The summed E-state index contributed by atoms with van der Waals surface area (Å²) >= 11 is 11.1. The van der Waals surface area contributed by atoms with Crippen LogP contribution in [0.3, 0.4) is 0 Å². The second-order valence-corrected chi connectivity index (χ2v) is 4.70. The fourth-order valence-electron chi connectivity index (χ4n) is 1.68. The molecular formula is C10H6Cl2F4N4. The third kappa shape index (κ3) is 2.33. The third-order valence-corrected chi connectivity index (χ3v) is 2.96. The standard InChI is InChI=1S/C10H6Cl2F4N4/c1-20-4-17-19-8(20)9(13,10(14,15)16)5-2-6(11)18-7(12)3-5/h2-4H,1H3. The monoisotopic (exact) mass is 328 g/mol. The summed E-state index contributed by atoms with van der Waals surface area (Å²) in [6, 6.07) is 1.49. The van der Waals surface area contributed by atoms with E-state index in [9.17, 15) is 17.6 Å². The Morgan fingerprint density at radius 1 is 1.10 bits per heavy atom. The highest BCUT2D eigenvalue weighted by atomic mass is 35.5. The van der Waals surface area contributed by atoms with Gasteiger partial charge in [-0.25, -0.2) is 9.37 Å². The van der Waals surface area contributed by atoms with Gasteiger partial charge >= 0.3 is 6.18 Å². The smallest absolute Gasteiger partial charge is 0.317 e. The van der Waals surface area contributed by atoms with Crippen LogP contribution in [0.2, 0.25) is 10.3 Å². The first kappa shape index (κ1) is 15.0. The highest BCUT2D eigenvalue weighted by Crippen LogP contribution is 2.47. The van der Waals surface area contributed by atoms with Gasteiger partial charge in [0.25, 0.3) is 5.67 Å². The largest absolute Gasteiger partial charge is 0.434 e. The van der Waals surface area contributed by atoms with Crippen LogP contribution in [0, 0.1) is 0 Å². The van der Waals surface area contributed by atoms with E-state index in [4.69, 9.17) is 23.2 Å². The molecule has 108 valence electrons. The minimum atomic E-state index is -5.28. The molecule has 0 aliphatic heterocycles. The number of halogens is 6. The number of alkyl halides is 4. The number of hydrogen-bond acceptors (Lipinski definition) is 3. The van der Waals surface area contributed by atoms with Crippen molar-refractivity contribution in [3.8, 4) is 0 Å². The van der Waals surface area contributed by atoms with Gasteiger partial charge in [-0.1, -0.05) is 23.2 Å². The SMILES string of the molecule is Cn1cnnc1C(F)(c1cc(Cl)nc(Cl)c1)C(F)(F)F. The number of nitrogens with zero attached hydrogens (tertiary/aromatic N) is 4. The first-order chi connectivity index (χ1) is 9.16. The lowest BCUT2D eigenvalue weighted by molar-refractivity contribution is -0.222. The van der Waals surface area contributed by atoms with E-state index in [2.05, 4.69) is 15.2 Å². The molecule has 4 nitrogen and oxygen atoms in total. The van der Waals surface area contributed by atoms with E-state index in [0.717, 1.165) is 23.0 Å². The van der Waals surface area contributed by atoms with E-state index in [1.54, 1.807) is 0 Å². The zero-order chi connectivity index (χ0) is 15.1. The quantitative estimate of drug-likeness (QED) is 0.627. The van der Waals surface area contributed by atoms with Crippen molar-refractivity contribution in [1.82, 2.24) is 19.7 Å². The summed E-state index contributed by atoms with van der Waals surface area (Å²) in [6.45, 7) is 0. The summed E-state index contributed by atoms with van der Waals surface area (Å²) in [5.41, 5.74) is -4.71. The second kappa shape index (κ2) is 4.85. The van der Waals surface area contributed by atoms with E-state index in [1.807, 2.05) is 0 Å². The molecule has 0 spiro atoms. The fourth-order valence-corrected chi connectivity index (χ4v) is 2.14. The Bertz CT molecular complexity index is 622. The van der Waals surface area contributed by atoms with Gasteiger partial charge in [-0.2, -0.15) is 13.2 Å². The second-order valence-electron chi connectivity index (χ2n) is 3.92. The van der Waals surface area contributed by atoms with Crippen molar-refractivity contribution >= 4 is 23.2 Å². The van der Waals surface area contributed by atoms with Gasteiger partial charge < -0.3 is 4.57 Å². The fraction of sp³-hybridized carbons (Fsp3) is 0.300. The molecule has 0 fully saturated rings. The number of hydrogen-bond donors (Lipinski definition) is 0. The molecule has 0 aromatic carbocycles. The Morgan fingerprint density at radius 3 is 2.05 bits per heavy atom. The molecule has 0 aliphatic rings. The molecule has 0 saturated heterocycles. The summed E-state index contributed by atoms with van der Waals surface area (Å²) in [5.74, 6) is -0.927. The molecule has 2 rings (SSSR count). The van der Waals surface area contributed by atoms with Crippen molar-refractivity contribution in [3.05, 3.63) is 40.2 Å². The van der Waals surface area contributed by atoms with Crippen molar-refractivity contribution in [2.75, 3.05) is 0 Å². The maximum Gasteiger partial charge on any atom is 0.434 e. The molecule has 2 aromatic rings. The van der Waals surface area contributed by atoms with Crippen LogP contribution < -0.4 is 0 Å². The van der Waals surface area contributed by atoms with Gasteiger partial charge in [-0.3, -0.25) is 0 Å². The maximum atomic E-state index is 14.8. The van der Waals surface area contributed by atoms with Crippen LogP contribution >= 0.6 is 23.2 Å². The Labute approximate surface area is 120 Å². The molecule has 1 unspecified atom stereocenters. The van der Waals surface area contributed by atoms with Gasteiger partial charge in [0.15, 0.2) is 5.82 Å². The van der Waals surface area contributed by atoms with E-state index < -0.39 is 23.2 Å². The van der Waals surface area contributed by atoms with Crippen LogP contribution in [-0.2, 0) is 12.7 Å². The molecule has 10 heteroatoms. The molecule has 20 heavy (non-hydrogen) atoms. The molecular weight excluding hydrogens is 323 g/mol. The van der Waals surface area contributed by atoms with E-state index in [1.165, 1.54) is 7.05 Å². The minimum Gasteiger partial charge on any atom is -0.317 e. The molecule has 2 heterocycles. The number of aromatic nitrogens is 4. The minimum absolute atomic E-state index is 0.360. The van der Waals surface area contributed by atoms with Crippen LogP contribution in [-0.4, -0.2) is 25.9 Å². The lowest BCUT2D eigenvalue weighted by Gasteiger charge is -2.27. The Morgan fingerprint density at radius 2 is 1.65 bits per heavy atom. The Kier molecular flexibility index (Phi) is 3.64. The number of pyridine rings is 1. The predicted octanol–water partition coefficient (Wildman–Crippen LogP) is 3.29. The first-order valence-corrected chi connectivity index (χ1v) is 5.85. The van der Waals surface area contributed by atoms with Gasteiger partial charge in [-0.05, 0) is 12.1 Å². The van der Waals surface area contributed by atoms with Crippen LogP contribution in [0.1, 0.15) is 11.4 Å². The van der Waals surface area contributed by atoms with E-state index in [-0.39, 0.29) is 10.3 Å². The molecule has 0 radical (unpaired) electrons. The molecule has 2 aromatic heterocycles. The predicted molar refractivity (Wildman–Crippen MR) is 63.2 cm³/mol. The summed E-state index contributed by atoms with van der Waals surface area (Å²) in [4.78, 5) is 3.49. The summed E-state index contributed by atoms with van der Waals surface area (Å²) in [6.07, 6.45) is -4.32. The molecule has 0 N–H and O–H groups in total. The first-order valence-electron chi connectivity index (χ1n) is 5.10. The Hall–Kier alpha value is -1.41. The summed E-state index contributed by atoms with van der Waals surface area (Å²) in [7, 11) is 1.19. The third-order valence-electron chi connectivity index (χ3n) is 2.57. The van der Waals surface area contributed by atoms with E-state index in [0.29, 0.717) is 0 Å². The number of rotatable bonds is 2. The normalized spacial score (nSPS) is 15.2. The highest BCUT2D eigenvalue weighted by molar-refractivity contribution is 6.32. The van der Waals surface area contributed by atoms with Gasteiger partial charge in [0.1, 0.15) is 16.6 Å². The lowest BCUT2D eigenvalue weighted by atomic mass is 9.95.